The second kappa shape index (κ2) is 8.07. The monoisotopic (exact) mass is 362 g/mol. The van der Waals surface area contributed by atoms with Crippen LogP contribution in [0.4, 0.5) is 14.6 Å². The van der Waals surface area contributed by atoms with Crippen LogP contribution >= 0.6 is 0 Å². The molecule has 0 saturated carbocycles. The Morgan fingerprint density at radius 2 is 1.92 bits per heavy atom. The molecule has 1 aliphatic heterocycles. The quantitative estimate of drug-likeness (QED) is 0.800. The van der Waals surface area contributed by atoms with Crippen molar-refractivity contribution in [1.29, 1.82) is 0 Å². The molecule has 0 radical (unpaired) electrons. The van der Waals surface area contributed by atoms with E-state index in [2.05, 4.69) is 20.2 Å². The standard InChI is InChI=1S/C18H20F2N4O2/c1-12-22-15(24-8-2-3-9-24)11-16(23-12)26-10-7-21-18(25)17-13(19)5-4-6-14(17)20/h4-6,11H,2-3,7-10H2,1H3,(H,21,25). The van der Waals surface area contributed by atoms with E-state index >= 15 is 0 Å². The Bertz CT molecular complexity index is 775. The van der Waals surface area contributed by atoms with Crippen molar-refractivity contribution in [1.82, 2.24) is 15.3 Å². The van der Waals surface area contributed by atoms with Crippen LogP contribution in [0.15, 0.2) is 24.3 Å². The predicted octanol–water partition coefficient (Wildman–Crippen LogP) is 2.47. The molecule has 0 bridgehead atoms. The largest absolute Gasteiger partial charge is 0.476 e. The maximum atomic E-state index is 13.6. The molecule has 1 amide bonds. The van der Waals surface area contributed by atoms with Crippen molar-refractivity contribution in [3.05, 3.63) is 47.3 Å². The van der Waals surface area contributed by atoms with Gasteiger partial charge in [0, 0.05) is 19.2 Å². The summed E-state index contributed by atoms with van der Waals surface area (Å²) in [7, 11) is 0. The lowest BCUT2D eigenvalue weighted by Crippen LogP contribution is -2.29. The van der Waals surface area contributed by atoms with Crippen LogP contribution < -0.4 is 15.0 Å². The molecular weight excluding hydrogens is 342 g/mol. The molecule has 0 atom stereocenters. The molecule has 0 spiro atoms. The van der Waals surface area contributed by atoms with E-state index in [0.29, 0.717) is 11.7 Å². The molecule has 26 heavy (non-hydrogen) atoms. The summed E-state index contributed by atoms with van der Waals surface area (Å²) < 4.78 is 32.7. The average molecular weight is 362 g/mol. The summed E-state index contributed by atoms with van der Waals surface area (Å²) in [4.78, 5) is 22.7. The summed E-state index contributed by atoms with van der Waals surface area (Å²) >= 11 is 0. The van der Waals surface area contributed by atoms with E-state index in [4.69, 9.17) is 4.74 Å². The number of benzene rings is 1. The first-order chi connectivity index (χ1) is 12.5. The molecule has 3 rings (SSSR count). The Hall–Kier alpha value is -2.77. The Morgan fingerprint density at radius 3 is 2.62 bits per heavy atom. The Balaban J connectivity index is 1.54. The van der Waals surface area contributed by atoms with E-state index in [9.17, 15) is 13.6 Å². The first-order valence-electron chi connectivity index (χ1n) is 8.50. The van der Waals surface area contributed by atoms with Crippen molar-refractivity contribution in [2.75, 3.05) is 31.1 Å². The number of hydrogen-bond donors (Lipinski definition) is 1. The summed E-state index contributed by atoms with van der Waals surface area (Å²) in [5.41, 5.74) is -0.596. The Kier molecular flexibility index (Phi) is 5.60. The van der Waals surface area contributed by atoms with Gasteiger partial charge in [0.2, 0.25) is 5.88 Å². The second-order valence-electron chi connectivity index (χ2n) is 6.01. The number of nitrogens with one attached hydrogen (secondary N) is 1. The number of aryl methyl sites for hydroxylation is 1. The van der Waals surface area contributed by atoms with E-state index in [-0.39, 0.29) is 13.2 Å². The van der Waals surface area contributed by atoms with Crippen molar-refractivity contribution in [3.63, 3.8) is 0 Å². The highest BCUT2D eigenvalue weighted by molar-refractivity contribution is 5.94. The minimum absolute atomic E-state index is 0.0920. The van der Waals surface area contributed by atoms with Crippen molar-refractivity contribution in [2.45, 2.75) is 19.8 Å². The molecule has 2 aromatic rings. The third-order valence-electron chi connectivity index (χ3n) is 4.06. The van der Waals surface area contributed by atoms with Crippen LogP contribution in [0, 0.1) is 18.6 Å². The molecule has 0 aliphatic carbocycles. The van der Waals surface area contributed by atoms with Crippen molar-refractivity contribution in [3.8, 4) is 5.88 Å². The van der Waals surface area contributed by atoms with Crippen LogP contribution in [0.25, 0.3) is 0 Å². The van der Waals surface area contributed by atoms with Gasteiger partial charge in [0.1, 0.15) is 35.4 Å². The highest BCUT2D eigenvalue weighted by Crippen LogP contribution is 2.21. The topological polar surface area (TPSA) is 67.3 Å². The van der Waals surface area contributed by atoms with Crippen LogP contribution in [0.3, 0.4) is 0 Å². The third kappa shape index (κ3) is 4.25. The van der Waals surface area contributed by atoms with E-state index in [1.165, 1.54) is 6.07 Å². The number of carbonyl (C=O) groups excluding carboxylic acids is 1. The van der Waals surface area contributed by atoms with Crippen molar-refractivity contribution >= 4 is 11.7 Å². The number of nitrogens with zero attached hydrogens (tertiary/aromatic N) is 3. The number of ether oxygens (including phenoxy) is 1. The number of amides is 1. The highest BCUT2D eigenvalue weighted by Gasteiger charge is 2.17. The number of rotatable bonds is 6. The fourth-order valence-corrected chi connectivity index (χ4v) is 2.83. The van der Waals surface area contributed by atoms with Crippen molar-refractivity contribution < 1.29 is 18.3 Å². The fourth-order valence-electron chi connectivity index (χ4n) is 2.83. The number of aromatic nitrogens is 2. The van der Waals surface area contributed by atoms with Crippen LogP contribution in [-0.4, -0.2) is 42.1 Å². The summed E-state index contributed by atoms with van der Waals surface area (Å²) in [6.07, 6.45) is 2.27. The number of anilines is 1. The molecule has 1 aromatic heterocycles. The van der Waals surface area contributed by atoms with Gasteiger partial charge < -0.3 is 15.0 Å². The van der Waals surface area contributed by atoms with Gasteiger partial charge in [0.25, 0.3) is 5.91 Å². The number of halogens is 2. The van der Waals surface area contributed by atoms with Crippen LogP contribution in [0.5, 0.6) is 5.88 Å². The zero-order chi connectivity index (χ0) is 18.5. The van der Waals surface area contributed by atoms with Gasteiger partial charge in [-0.3, -0.25) is 4.79 Å². The zero-order valence-corrected chi connectivity index (χ0v) is 14.5. The minimum Gasteiger partial charge on any atom is -0.476 e. The summed E-state index contributed by atoms with van der Waals surface area (Å²) in [5, 5.41) is 2.44. The predicted molar refractivity (Wildman–Crippen MR) is 92.4 cm³/mol. The average Bonchev–Trinajstić information content (AvgIpc) is 3.13. The number of hydrogen-bond acceptors (Lipinski definition) is 5. The lowest BCUT2D eigenvalue weighted by molar-refractivity contribution is 0.0938. The molecule has 0 unspecified atom stereocenters. The van der Waals surface area contributed by atoms with Gasteiger partial charge >= 0.3 is 0 Å². The smallest absolute Gasteiger partial charge is 0.257 e. The first kappa shape index (κ1) is 18.0. The van der Waals surface area contributed by atoms with Gasteiger partial charge in [-0.1, -0.05) is 6.07 Å². The molecule has 1 aliphatic rings. The zero-order valence-electron chi connectivity index (χ0n) is 14.5. The maximum absolute atomic E-state index is 13.6. The summed E-state index contributed by atoms with van der Waals surface area (Å²) in [6.45, 7) is 3.92. The van der Waals surface area contributed by atoms with Crippen LogP contribution in [0.2, 0.25) is 0 Å². The fraction of sp³-hybridized carbons (Fsp3) is 0.389. The molecule has 1 saturated heterocycles. The molecule has 138 valence electrons. The van der Waals surface area contributed by atoms with E-state index in [1.54, 1.807) is 13.0 Å². The normalized spacial score (nSPS) is 13.7. The third-order valence-corrected chi connectivity index (χ3v) is 4.06. The SMILES string of the molecule is Cc1nc(OCCNC(=O)c2c(F)cccc2F)cc(N2CCCC2)n1. The lowest BCUT2D eigenvalue weighted by Gasteiger charge is -2.17. The maximum Gasteiger partial charge on any atom is 0.257 e. The van der Waals surface area contributed by atoms with Crippen LogP contribution in [0.1, 0.15) is 29.0 Å². The molecule has 2 heterocycles. The molecule has 1 aromatic carbocycles. The molecular formula is C18H20F2N4O2. The first-order valence-corrected chi connectivity index (χ1v) is 8.50. The summed E-state index contributed by atoms with van der Waals surface area (Å²) in [5.74, 6) is -0.786. The van der Waals surface area contributed by atoms with Gasteiger partial charge in [-0.05, 0) is 31.9 Å². The van der Waals surface area contributed by atoms with E-state index < -0.39 is 23.1 Å². The van der Waals surface area contributed by atoms with Gasteiger partial charge in [0.15, 0.2) is 0 Å². The lowest BCUT2D eigenvalue weighted by atomic mass is 10.2. The highest BCUT2D eigenvalue weighted by atomic mass is 19.1. The Labute approximate surface area is 150 Å². The van der Waals surface area contributed by atoms with Crippen molar-refractivity contribution in [2.24, 2.45) is 0 Å². The molecule has 1 N–H and O–H groups in total. The van der Waals surface area contributed by atoms with E-state index in [0.717, 1.165) is 43.9 Å². The van der Waals surface area contributed by atoms with Crippen LogP contribution in [-0.2, 0) is 0 Å². The van der Waals surface area contributed by atoms with Gasteiger partial charge in [0.05, 0.1) is 6.54 Å². The minimum atomic E-state index is -0.898. The summed E-state index contributed by atoms with van der Waals surface area (Å²) in [6, 6.07) is 5.05. The van der Waals surface area contributed by atoms with Gasteiger partial charge in [-0.15, -0.1) is 0 Å². The molecule has 8 heteroatoms. The molecule has 6 nitrogen and oxygen atoms in total. The van der Waals surface area contributed by atoms with Gasteiger partial charge in [-0.25, -0.2) is 13.8 Å². The Morgan fingerprint density at radius 1 is 1.23 bits per heavy atom. The van der Waals surface area contributed by atoms with E-state index in [1.807, 2.05) is 0 Å². The van der Waals surface area contributed by atoms with Gasteiger partial charge in [-0.2, -0.15) is 4.98 Å². The molecule has 1 fully saturated rings. The number of carbonyl (C=O) groups is 1. The second-order valence-corrected chi connectivity index (χ2v) is 6.01.